The topological polar surface area (TPSA) is 18.5 Å². The Kier molecular flexibility index (Phi) is 5.18. The maximum Gasteiger partial charge on any atom is 0.0300 e. The second-order valence-corrected chi connectivity index (χ2v) is 6.44. The average Bonchev–Trinajstić information content (AvgIpc) is 2.81. The second kappa shape index (κ2) is 6.66. The van der Waals surface area contributed by atoms with E-state index in [0.29, 0.717) is 12.1 Å². The standard InChI is InChI=1S/C14H25N3S/c1-12(9-15-10-14-5-4-8-18-14)17-7-6-16(3)11-13(17)2/h4-5,8,12-13,15H,6-7,9-11H2,1-3H3. The van der Waals surface area contributed by atoms with Crippen molar-refractivity contribution in [3.05, 3.63) is 22.4 Å². The first-order valence-corrected chi connectivity index (χ1v) is 7.72. The molecule has 1 fully saturated rings. The number of rotatable bonds is 5. The summed E-state index contributed by atoms with van der Waals surface area (Å²) in [5.41, 5.74) is 0. The lowest BCUT2D eigenvalue weighted by Crippen LogP contribution is -2.55. The number of piperazine rings is 1. The fourth-order valence-electron chi connectivity index (χ4n) is 2.74. The molecule has 0 aromatic carbocycles. The van der Waals surface area contributed by atoms with Gasteiger partial charge in [0.2, 0.25) is 0 Å². The van der Waals surface area contributed by atoms with Gasteiger partial charge < -0.3 is 10.2 Å². The van der Waals surface area contributed by atoms with E-state index in [0.717, 1.165) is 13.1 Å². The van der Waals surface area contributed by atoms with Crippen LogP contribution in [0.15, 0.2) is 17.5 Å². The van der Waals surface area contributed by atoms with Gasteiger partial charge in [0.05, 0.1) is 0 Å². The van der Waals surface area contributed by atoms with Crippen LogP contribution < -0.4 is 5.32 Å². The Morgan fingerprint density at radius 1 is 1.50 bits per heavy atom. The van der Waals surface area contributed by atoms with E-state index in [1.165, 1.54) is 24.5 Å². The summed E-state index contributed by atoms with van der Waals surface area (Å²) in [5.74, 6) is 0. The number of hydrogen-bond donors (Lipinski definition) is 1. The van der Waals surface area contributed by atoms with Crippen LogP contribution in [0.4, 0.5) is 0 Å². The fraction of sp³-hybridized carbons (Fsp3) is 0.714. The summed E-state index contributed by atoms with van der Waals surface area (Å²) < 4.78 is 0. The zero-order valence-electron chi connectivity index (χ0n) is 11.7. The lowest BCUT2D eigenvalue weighted by molar-refractivity contribution is 0.0673. The Morgan fingerprint density at radius 3 is 3.00 bits per heavy atom. The van der Waals surface area contributed by atoms with Gasteiger partial charge in [0.25, 0.3) is 0 Å². The van der Waals surface area contributed by atoms with Crippen molar-refractivity contribution < 1.29 is 0 Å². The van der Waals surface area contributed by atoms with Crippen molar-refractivity contribution in [1.29, 1.82) is 0 Å². The molecular weight excluding hydrogens is 242 g/mol. The van der Waals surface area contributed by atoms with Crippen molar-refractivity contribution in [2.45, 2.75) is 32.5 Å². The van der Waals surface area contributed by atoms with Crippen LogP contribution >= 0.6 is 11.3 Å². The molecule has 3 nitrogen and oxygen atoms in total. The van der Waals surface area contributed by atoms with Gasteiger partial charge in [-0.2, -0.15) is 0 Å². The van der Waals surface area contributed by atoms with Crippen molar-refractivity contribution >= 4 is 11.3 Å². The van der Waals surface area contributed by atoms with Crippen molar-refractivity contribution in [3.8, 4) is 0 Å². The van der Waals surface area contributed by atoms with Gasteiger partial charge in [-0.3, -0.25) is 4.90 Å². The predicted octanol–water partition coefficient (Wildman–Crippen LogP) is 1.86. The number of nitrogens with zero attached hydrogens (tertiary/aromatic N) is 2. The Balaban J connectivity index is 1.72. The van der Waals surface area contributed by atoms with Crippen LogP contribution in [0.25, 0.3) is 0 Å². The van der Waals surface area contributed by atoms with E-state index < -0.39 is 0 Å². The van der Waals surface area contributed by atoms with Gasteiger partial charge in [-0.25, -0.2) is 0 Å². The van der Waals surface area contributed by atoms with E-state index in [9.17, 15) is 0 Å². The molecule has 0 amide bonds. The van der Waals surface area contributed by atoms with Crippen molar-refractivity contribution in [2.24, 2.45) is 0 Å². The Bertz CT molecular complexity index is 339. The van der Waals surface area contributed by atoms with Gasteiger partial charge in [0, 0.05) is 49.7 Å². The first-order valence-electron chi connectivity index (χ1n) is 6.84. The SMILES string of the molecule is CC(CNCc1cccs1)N1CCN(C)CC1C. The van der Waals surface area contributed by atoms with E-state index in [4.69, 9.17) is 0 Å². The van der Waals surface area contributed by atoms with Crippen LogP contribution in [0.1, 0.15) is 18.7 Å². The maximum atomic E-state index is 3.57. The Hall–Kier alpha value is -0.420. The summed E-state index contributed by atoms with van der Waals surface area (Å²) in [6, 6.07) is 5.60. The molecule has 1 saturated heterocycles. The van der Waals surface area contributed by atoms with Crippen molar-refractivity contribution in [3.63, 3.8) is 0 Å². The third-order valence-electron chi connectivity index (χ3n) is 3.77. The molecule has 1 N–H and O–H groups in total. The maximum absolute atomic E-state index is 3.57. The highest BCUT2D eigenvalue weighted by molar-refractivity contribution is 7.09. The molecule has 1 aromatic heterocycles. The minimum atomic E-state index is 0.619. The third kappa shape index (κ3) is 3.79. The first-order chi connectivity index (χ1) is 8.66. The molecular formula is C14H25N3S. The van der Waals surface area contributed by atoms with E-state index >= 15 is 0 Å². The number of thiophene rings is 1. The summed E-state index contributed by atoms with van der Waals surface area (Å²) in [7, 11) is 2.22. The zero-order valence-corrected chi connectivity index (χ0v) is 12.5. The molecule has 0 radical (unpaired) electrons. The third-order valence-corrected chi connectivity index (χ3v) is 4.64. The molecule has 0 bridgehead atoms. The highest BCUT2D eigenvalue weighted by atomic mass is 32.1. The molecule has 4 heteroatoms. The van der Waals surface area contributed by atoms with E-state index in [1.807, 2.05) is 11.3 Å². The molecule has 1 aliphatic heterocycles. The van der Waals surface area contributed by atoms with Crippen molar-refractivity contribution in [2.75, 3.05) is 33.2 Å². The molecule has 0 spiro atoms. The monoisotopic (exact) mass is 267 g/mol. The summed E-state index contributed by atoms with van der Waals surface area (Å²) in [4.78, 5) is 6.47. The van der Waals surface area contributed by atoms with Crippen molar-refractivity contribution in [1.82, 2.24) is 15.1 Å². The fourth-order valence-corrected chi connectivity index (χ4v) is 3.42. The minimum absolute atomic E-state index is 0.619. The van der Waals surface area contributed by atoms with Crippen LogP contribution in [-0.2, 0) is 6.54 Å². The van der Waals surface area contributed by atoms with Gasteiger partial charge in [0.1, 0.15) is 0 Å². The molecule has 0 saturated carbocycles. The highest BCUT2D eigenvalue weighted by Gasteiger charge is 2.24. The van der Waals surface area contributed by atoms with Gasteiger partial charge in [-0.05, 0) is 32.3 Å². The van der Waals surface area contributed by atoms with Crippen LogP contribution in [0.5, 0.6) is 0 Å². The summed E-state index contributed by atoms with van der Waals surface area (Å²) >= 11 is 1.83. The Labute approximate surface area is 115 Å². The summed E-state index contributed by atoms with van der Waals surface area (Å²) in [6.45, 7) is 10.3. The molecule has 2 heterocycles. The van der Waals surface area contributed by atoms with Crippen LogP contribution in [0.3, 0.4) is 0 Å². The first kappa shape index (κ1) is 14.0. The van der Waals surface area contributed by atoms with Crippen LogP contribution in [0, 0.1) is 0 Å². The largest absolute Gasteiger partial charge is 0.310 e. The zero-order chi connectivity index (χ0) is 13.0. The lowest BCUT2D eigenvalue weighted by atomic mass is 10.1. The smallest absolute Gasteiger partial charge is 0.0300 e. The van der Waals surface area contributed by atoms with Gasteiger partial charge in [-0.15, -0.1) is 11.3 Å². The number of likely N-dealkylation sites (N-methyl/N-ethyl adjacent to an activating group) is 1. The molecule has 1 aromatic rings. The van der Waals surface area contributed by atoms with E-state index in [2.05, 4.69) is 53.5 Å². The highest BCUT2D eigenvalue weighted by Crippen LogP contribution is 2.12. The molecule has 102 valence electrons. The predicted molar refractivity (Wildman–Crippen MR) is 79.2 cm³/mol. The van der Waals surface area contributed by atoms with E-state index in [-0.39, 0.29) is 0 Å². The lowest BCUT2D eigenvalue weighted by Gasteiger charge is -2.41. The molecule has 2 atom stereocenters. The Morgan fingerprint density at radius 2 is 2.33 bits per heavy atom. The van der Waals surface area contributed by atoms with Crippen LogP contribution in [0.2, 0.25) is 0 Å². The normalized spacial score (nSPS) is 24.3. The number of hydrogen-bond acceptors (Lipinski definition) is 4. The molecule has 0 aliphatic carbocycles. The quantitative estimate of drug-likeness (QED) is 0.878. The molecule has 1 aliphatic rings. The molecule has 18 heavy (non-hydrogen) atoms. The average molecular weight is 267 g/mol. The number of nitrogens with one attached hydrogen (secondary N) is 1. The summed E-state index contributed by atoms with van der Waals surface area (Å²) in [6.07, 6.45) is 0. The van der Waals surface area contributed by atoms with Crippen LogP contribution in [-0.4, -0.2) is 55.1 Å². The molecule has 2 rings (SSSR count). The minimum Gasteiger partial charge on any atom is -0.310 e. The van der Waals surface area contributed by atoms with Gasteiger partial charge >= 0.3 is 0 Å². The van der Waals surface area contributed by atoms with E-state index in [1.54, 1.807) is 0 Å². The van der Waals surface area contributed by atoms with Gasteiger partial charge in [0.15, 0.2) is 0 Å². The summed E-state index contributed by atoms with van der Waals surface area (Å²) in [5, 5.41) is 5.71. The molecule has 2 unspecified atom stereocenters. The second-order valence-electron chi connectivity index (χ2n) is 5.41. The van der Waals surface area contributed by atoms with Gasteiger partial charge in [-0.1, -0.05) is 6.07 Å².